The Hall–Kier alpha value is -3.48. The van der Waals surface area contributed by atoms with Gasteiger partial charge in [-0.25, -0.2) is 0 Å². The van der Waals surface area contributed by atoms with Crippen molar-refractivity contribution in [1.29, 1.82) is 0 Å². The SMILES string of the molecule is CCc1c(O)c2c(c(C3(C)C(=O)CCC3=O)c1O)C(=O)c1cc(C)cc(O)c1C2=O. The zero-order valence-corrected chi connectivity index (χ0v) is 16.8. The first-order valence-electron chi connectivity index (χ1n) is 9.66. The molecule has 0 heterocycles. The topological polar surface area (TPSA) is 129 Å². The van der Waals surface area contributed by atoms with Gasteiger partial charge in [0.25, 0.3) is 0 Å². The Kier molecular flexibility index (Phi) is 4.13. The molecule has 2 aromatic carbocycles. The molecule has 2 aromatic rings. The largest absolute Gasteiger partial charge is 0.507 e. The van der Waals surface area contributed by atoms with Gasteiger partial charge < -0.3 is 15.3 Å². The molecule has 0 amide bonds. The van der Waals surface area contributed by atoms with Gasteiger partial charge >= 0.3 is 0 Å². The van der Waals surface area contributed by atoms with E-state index in [1.807, 2.05) is 0 Å². The van der Waals surface area contributed by atoms with E-state index < -0.39 is 51.4 Å². The monoisotopic (exact) mass is 408 g/mol. The van der Waals surface area contributed by atoms with Crippen LogP contribution in [0, 0.1) is 6.92 Å². The lowest BCUT2D eigenvalue weighted by Gasteiger charge is -2.30. The van der Waals surface area contributed by atoms with Gasteiger partial charge in [-0.2, -0.15) is 0 Å². The molecule has 2 aliphatic carbocycles. The summed E-state index contributed by atoms with van der Waals surface area (Å²) in [6.07, 6.45) is 0.0135. The van der Waals surface area contributed by atoms with E-state index in [9.17, 15) is 34.5 Å². The third-order valence-corrected chi connectivity index (χ3v) is 6.28. The molecule has 0 unspecified atom stereocenters. The van der Waals surface area contributed by atoms with Gasteiger partial charge in [0.05, 0.1) is 11.1 Å². The van der Waals surface area contributed by atoms with Gasteiger partial charge in [0.1, 0.15) is 22.7 Å². The van der Waals surface area contributed by atoms with Crippen molar-refractivity contribution in [2.45, 2.75) is 45.4 Å². The van der Waals surface area contributed by atoms with Gasteiger partial charge in [-0.3, -0.25) is 19.2 Å². The number of phenols is 3. The predicted molar refractivity (Wildman–Crippen MR) is 105 cm³/mol. The van der Waals surface area contributed by atoms with Crippen LogP contribution in [-0.4, -0.2) is 38.5 Å². The van der Waals surface area contributed by atoms with Crippen molar-refractivity contribution in [3.05, 3.63) is 51.1 Å². The summed E-state index contributed by atoms with van der Waals surface area (Å²) in [6.45, 7) is 4.60. The molecular formula is C23H20O7. The van der Waals surface area contributed by atoms with Crippen LogP contribution in [0.3, 0.4) is 0 Å². The first-order valence-corrected chi connectivity index (χ1v) is 9.66. The summed E-state index contributed by atoms with van der Waals surface area (Å²) in [6, 6.07) is 2.75. The van der Waals surface area contributed by atoms with Crippen LogP contribution in [0.4, 0.5) is 0 Å². The summed E-state index contributed by atoms with van der Waals surface area (Å²) in [5, 5.41) is 32.1. The fraction of sp³-hybridized carbons (Fsp3) is 0.304. The van der Waals surface area contributed by atoms with E-state index in [2.05, 4.69) is 0 Å². The maximum absolute atomic E-state index is 13.5. The lowest BCUT2D eigenvalue weighted by atomic mass is 9.69. The number of ketones is 4. The molecule has 0 bridgehead atoms. The van der Waals surface area contributed by atoms with Crippen LogP contribution < -0.4 is 0 Å². The van der Waals surface area contributed by atoms with Crippen LogP contribution in [0.5, 0.6) is 17.2 Å². The maximum Gasteiger partial charge on any atom is 0.201 e. The zero-order valence-electron chi connectivity index (χ0n) is 16.8. The molecule has 7 heteroatoms. The van der Waals surface area contributed by atoms with Gasteiger partial charge in [-0.15, -0.1) is 0 Å². The molecule has 2 aliphatic rings. The molecule has 0 spiro atoms. The van der Waals surface area contributed by atoms with E-state index in [1.54, 1.807) is 13.8 Å². The van der Waals surface area contributed by atoms with Crippen LogP contribution >= 0.6 is 0 Å². The standard InChI is InChI=1S/C23H20O7/c1-4-10-19(27)17-16(18(21(10)29)23(3)13(25)5-6-14(23)26)20(28)11-7-9(2)8-12(24)15(11)22(17)30/h7-8,24,27,29H,4-6H2,1-3H3. The molecule has 7 nitrogen and oxygen atoms in total. The maximum atomic E-state index is 13.5. The molecule has 1 fully saturated rings. The second-order valence-corrected chi connectivity index (χ2v) is 7.99. The van der Waals surface area contributed by atoms with Crippen molar-refractivity contribution >= 4 is 23.1 Å². The molecule has 0 aliphatic heterocycles. The van der Waals surface area contributed by atoms with Crippen molar-refractivity contribution in [3.63, 3.8) is 0 Å². The number of fused-ring (bicyclic) bond motifs is 2. The van der Waals surface area contributed by atoms with Crippen LogP contribution in [0.2, 0.25) is 0 Å². The van der Waals surface area contributed by atoms with Crippen molar-refractivity contribution < 1.29 is 34.5 Å². The Balaban J connectivity index is 2.19. The minimum atomic E-state index is -1.80. The average Bonchev–Trinajstić information content (AvgIpc) is 2.93. The fourth-order valence-electron chi connectivity index (χ4n) is 4.65. The Morgan fingerprint density at radius 2 is 1.47 bits per heavy atom. The van der Waals surface area contributed by atoms with Crippen LogP contribution in [-0.2, 0) is 21.4 Å². The highest BCUT2D eigenvalue weighted by Crippen LogP contribution is 2.50. The Morgan fingerprint density at radius 1 is 0.867 bits per heavy atom. The second kappa shape index (κ2) is 6.26. The number of aryl methyl sites for hydroxylation is 1. The normalized spacial score (nSPS) is 17.3. The molecule has 0 radical (unpaired) electrons. The Labute approximate surface area is 172 Å². The van der Waals surface area contributed by atoms with Gasteiger partial charge in [-0.05, 0) is 38.0 Å². The second-order valence-electron chi connectivity index (χ2n) is 7.99. The number of rotatable bonds is 2. The summed E-state index contributed by atoms with van der Waals surface area (Å²) in [7, 11) is 0. The van der Waals surface area contributed by atoms with Crippen LogP contribution in [0.1, 0.15) is 75.2 Å². The third-order valence-electron chi connectivity index (χ3n) is 6.28. The summed E-state index contributed by atoms with van der Waals surface area (Å²) >= 11 is 0. The van der Waals surface area contributed by atoms with Crippen molar-refractivity contribution in [2.75, 3.05) is 0 Å². The van der Waals surface area contributed by atoms with Crippen LogP contribution in [0.25, 0.3) is 0 Å². The predicted octanol–water partition coefficient (Wildman–Crippen LogP) is 2.64. The molecule has 1 saturated carbocycles. The van der Waals surface area contributed by atoms with E-state index in [0.29, 0.717) is 5.56 Å². The molecule has 3 N–H and O–H groups in total. The third kappa shape index (κ3) is 2.26. The summed E-state index contributed by atoms with van der Waals surface area (Å²) in [4.78, 5) is 52.3. The molecule has 154 valence electrons. The first kappa shape index (κ1) is 19.8. The van der Waals surface area contributed by atoms with E-state index in [4.69, 9.17) is 0 Å². The van der Waals surface area contributed by atoms with Gasteiger partial charge in [-0.1, -0.05) is 6.92 Å². The van der Waals surface area contributed by atoms with Crippen molar-refractivity contribution in [3.8, 4) is 17.2 Å². The van der Waals surface area contributed by atoms with E-state index in [1.165, 1.54) is 19.1 Å². The van der Waals surface area contributed by atoms with Gasteiger partial charge in [0, 0.05) is 35.1 Å². The molecule has 0 atom stereocenters. The van der Waals surface area contributed by atoms with E-state index >= 15 is 0 Å². The first-order chi connectivity index (χ1) is 14.0. The Bertz CT molecular complexity index is 1190. The minimum Gasteiger partial charge on any atom is -0.507 e. The summed E-state index contributed by atoms with van der Waals surface area (Å²) in [5.41, 5.74) is -2.64. The van der Waals surface area contributed by atoms with Gasteiger partial charge in [0.2, 0.25) is 5.78 Å². The molecule has 4 rings (SSSR count). The number of hydrogen-bond donors (Lipinski definition) is 3. The Morgan fingerprint density at radius 3 is 2.03 bits per heavy atom. The van der Waals surface area contributed by atoms with Crippen molar-refractivity contribution in [1.82, 2.24) is 0 Å². The summed E-state index contributed by atoms with van der Waals surface area (Å²) in [5.74, 6) is -3.98. The number of phenolic OH excluding ortho intramolecular Hbond substituents is 3. The molecule has 30 heavy (non-hydrogen) atoms. The van der Waals surface area contributed by atoms with Gasteiger partial charge in [0.15, 0.2) is 17.3 Å². The highest BCUT2D eigenvalue weighted by Gasteiger charge is 2.53. The van der Waals surface area contributed by atoms with Crippen LogP contribution in [0.15, 0.2) is 12.1 Å². The molecular weight excluding hydrogens is 388 g/mol. The lowest BCUT2D eigenvalue weighted by Crippen LogP contribution is -2.38. The quantitative estimate of drug-likeness (QED) is 0.556. The molecule has 0 saturated heterocycles. The zero-order chi connectivity index (χ0) is 22.1. The van der Waals surface area contributed by atoms with Crippen molar-refractivity contribution in [2.24, 2.45) is 0 Å². The number of hydrogen-bond acceptors (Lipinski definition) is 7. The minimum absolute atomic E-state index is 0.0336. The number of benzene rings is 2. The highest BCUT2D eigenvalue weighted by atomic mass is 16.3. The summed E-state index contributed by atoms with van der Waals surface area (Å²) < 4.78 is 0. The highest BCUT2D eigenvalue weighted by molar-refractivity contribution is 6.32. The number of Topliss-reactive ketones (excluding diaryl/α,β-unsaturated/α-hetero) is 2. The lowest BCUT2D eigenvalue weighted by molar-refractivity contribution is -0.128. The average molecular weight is 408 g/mol. The number of carbonyl (C=O) groups excluding carboxylic acids is 4. The number of carbonyl (C=O) groups is 4. The molecule has 0 aromatic heterocycles. The fourth-order valence-corrected chi connectivity index (χ4v) is 4.65. The van der Waals surface area contributed by atoms with E-state index in [0.717, 1.165) is 0 Å². The number of aromatic hydroxyl groups is 3. The van der Waals surface area contributed by atoms with E-state index in [-0.39, 0.29) is 47.1 Å². The smallest absolute Gasteiger partial charge is 0.201 e.